The van der Waals surface area contributed by atoms with Gasteiger partial charge in [-0.1, -0.05) is 12.1 Å². The van der Waals surface area contributed by atoms with Crippen molar-refractivity contribution in [2.75, 3.05) is 14.2 Å². The molecule has 0 fully saturated rings. The molecule has 0 aliphatic heterocycles. The molecule has 0 bridgehead atoms. The van der Waals surface area contributed by atoms with Crippen LogP contribution in [0.4, 0.5) is 0 Å². The first-order valence-electron chi connectivity index (χ1n) is 9.86. The van der Waals surface area contributed by atoms with E-state index in [0.717, 1.165) is 0 Å². The Hall–Kier alpha value is -3.48. The summed E-state index contributed by atoms with van der Waals surface area (Å²) in [7, 11) is 2.83. The second-order valence-corrected chi connectivity index (χ2v) is 7.24. The first-order chi connectivity index (χ1) is 14.7. The lowest BCUT2D eigenvalue weighted by Gasteiger charge is -2.21. The highest BCUT2D eigenvalue weighted by atomic mass is 16.6. The van der Waals surface area contributed by atoms with Crippen LogP contribution in [0.25, 0.3) is 6.08 Å². The van der Waals surface area contributed by atoms with Crippen LogP contribution in [-0.4, -0.2) is 43.3 Å². The Morgan fingerprint density at radius 3 is 2.19 bits per heavy atom. The summed E-state index contributed by atoms with van der Waals surface area (Å²) in [5.41, 5.74) is 0.729. The fourth-order valence-corrected chi connectivity index (χ4v) is 2.88. The number of esters is 1. The maximum Gasteiger partial charge on any atom is 0.346 e. The third-order valence-electron chi connectivity index (χ3n) is 4.14. The predicted molar refractivity (Wildman–Crippen MR) is 117 cm³/mol. The lowest BCUT2D eigenvalue weighted by molar-refractivity contribution is 0.0369. The Bertz CT molecular complexity index is 974. The minimum atomic E-state index is -0.613. The van der Waals surface area contributed by atoms with Gasteiger partial charge in [0.05, 0.1) is 32.0 Å². The molecule has 0 amide bonds. The number of phenolic OH excluding ortho intramolecular Hbond substituents is 1. The molecule has 0 atom stereocenters. The van der Waals surface area contributed by atoms with Crippen LogP contribution in [0.1, 0.15) is 54.0 Å². The molecule has 7 heteroatoms. The molecule has 7 nitrogen and oxygen atoms in total. The third-order valence-corrected chi connectivity index (χ3v) is 4.14. The van der Waals surface area contributed by atoms with E-state index < -0.39 is 11.8 Å². The molecule has 2 rings (SSSR count). The van der Waals surface area contributed by atoms with Gasteiger partial charge in [0.1, 0.15) is 17.1 Å². The number of carbonyl (C=O) groups is 2. The van der Waals surface area contributed by atoms with E-state index in [9.17, 15) is 14.7 Å². The number of hydrogen-bond donors (Lipinski definition) is 1. The summed E-state index contributed by atoms with van der Waals surface area (Å²) in [6, 6.07) is 7.84. The van der Waals surface area contributed by atoms with Gasteiger partial charge in [0.2, 0.25) is 0 Å². The van der Waals surface area contributed by atoms with Crippen molar-refractivity contribution < 1.29 is 33.6 Å². The summed E-state index contributed by atoms with van der Waals surface area (Å²) >= 11 is 0. The number of para-hydroxylation sites is 1. The quantitative estimate of drug-likeness (QED) is 0.353. The first-order valence-corrected chi connectivity index (χ1v) is 9.86. The minimum absolute atomic E-state index is 0.0959. The van der Waals surface area contributed by atoms with Gasteiger partial charge in [0.25, 0.3) is 0 Å². The van der Waals surface area contributed by atoms with Gasteiger partial charge in [-0.25, -0.2) is 4.79 Å². The van der Waals surface area contributed by atoms with Crippen molar-refractivity contribution in [3.05, 3.63) is 53.1 Å². The van der Waals surface area contributed by atoms with Gasteiger partial charge in [-0.3, -0.25) is 4.79 Å². The van der Waals surface area contributed by atoms with E-state index in [-0.39, 0.29) is 46.3 Å². The highest BCUT2D eigenvalue weighted by Crippen LogP contribution is 2.42. The van der Waals surface area contributed by atoms with Crippen LogP contribution < -0.4 is 14.2 Å². The zero-order valence-corrected chi connectivity index (χ0v) is 18.6. The number of phenols is 1. The Kier molecular flexibility index (Phi) is 8.07. The molecule has 0 unspecified atom stereocenters. The van der Waals surface area contributed by atoms with E-state index in [1.54, 1.807) is 32.0 Å². The maximum absolute atomic E-state index is 12.7. The second kappa shape index (κ2) is 10.5. The van der Waals surface area contributed by atoms with Crippen LogP contribution in [0.15, 0.2) is 36.4 Å². The number of ketones is 1. The van der Waals surface area contributed by atoms with Crippen molar-refractivity contribution in [1.29, 1.82) is 0 Å². The van der Waals surface area contributed by atoms with E-state index in [4.69, 9.17) is 18.9 Å². The average Bonchev–Trinajstić information content (AvgIpc) is 2.71. The third kappa shape index (κ3) is 5.78. The largest absolute Gasteiger partial charge is 0.507 e. The molecule has 31 heavy (non-hydrogen) atoms. The lowest BCUT2D eigenvalue weighted by Crippen LogP contribution is -2.16. The summed E-state index contributed by atoms with van der Waals surface area (Å²) < 4.78 is 22.2. The Morgan fingerprint density at radius 2 is 1.65 bits per heavy atom. The zero-order valence-electron chi connectivity index (χ0n) is 18.6. The highest BCUT2D eigenvalue weighted by molar-refractivity contribution is 6.09. The van der Waals surface area contributed by atoms with Crippen LogP contribution in [0.2, 0.25) is 0 Å². The number of hydrogen-bond acceptors (Lipinski definition) is 7. The Labute approximate surface area is 182 Å². The number of benzene rings is 2. The topological polar surface area (TPSA) is 91.3 Å². The van der Waals surface area contributed by atoms with Gasteiger partial charge < -0.3 is 24.1 Å². The standard InChI is InChI=1S/C24H28O7/c1-14(2)30-22-16(11-12-19(26)17-9-7-8-10-18(17)25)13-20(28-5)21(23(22)29-6)24(27)31-15(3)4/h7-15,25H,1-6H3/b12-11+. The molecular weight excluding hydrogens is 400 g/mol. The number of allylic oxidation sites excluding steroid dienone is 1. The van der Waals surface area contributed by atoms with E-state index in [1.165, 1.54) is 38.5 Å². The van der Waals surface area contributed by atoms with Crippen molar-refractivity contribution in [2.45, 2.75) is 39.9 Å². The molecule has 0 spiro atoms. The van der Waals surface area contributed by atoms with Crippen molar-refractivity contribution in [3.63, 3.8) is 0 Å². The maximum atomic E-state index is 12.7. The van der Waals surface area contributed by atoms with Crippen LogP contribution in [0.5, 0.6) is 23.0 Å². The molecule has 2 aromatic rings. The van der Waals surface area contributed by atoms with Crippen molar-refractivity contribution in [3.8, 4) is 23.0 Å². The van der Waals surface area contributed by atoms with Gasteiger partial charge in [-0.15, -0.1) is 0 Å². The number of rotatable bonds is 9. The Morgan fingerprint density at radius 1 is 0.968 bits per heavy atom. The average molecular weight is 428 g/mol. The fourth-order valence-electron chi connectivity index (χ4n) is 2.88. The van der Waals surface area contributed by atoms with Gasteiger partial charge in [-0.2, -0.15) is 0 Å². The number of carbonyl (C=O) groups excluding carboxylic acids is 2. The summed E-state index contributed by atoms with van der Waals surface area (Å²) in [4.78, 5) is 25.3. The molecule has 166 valence electrons. The molecule has 0 saturated carbocycles. The predicted octanol–water partition coefficient (Wildman–Crippen LogP) is 4.66. The van der Waals surface area contributed by atoms with Crippen LogP contribution >= 0.6 is 0 Å². The number of aromatic hydroxyl groups is 1. The smallest absolute Gasteiger partial charge is 0.346 e. The van der Waals surface area contributed by atoms with Crippen LogP contribution in [-0.2, 0) is 4.74 Å². The molecule has 0 radical (unpaired) electrons. The molecule has 0 aliphatic carbocycles. The van der Waals surface area contributed by atoms with Crippen molar-refractivity contribution >= 4 is 17.8 Å². The monoisotopic (exact) mass is 428 g/mol. The van der Waals surface area contributed by atoms with Crippen LogP contribution in [0.3, 0.4) is 0 Å². The van der Waals surface area contributed by atoms with E-state index in [2.05, 4.69) is 0 Å². The second-order valence-electron chi connectivity index (χ2n) is 7.24. The molecule has 2 aromatic carbocycles. The summed E-state index contributed by atoms with van der Waals surface area (Å²) in [6.45, 7) is 7.14. The number of methoxy groups -OCH3 is 2. The van der Waals surface area contributed by atoms with Gasteiger partial charge >= 0.3 is 5.97 Å². The zero-order chi connectivity index (χ0) is 23.1. The summed E-state index contributed by atoms with van der Waals surface area (Å²) in [6.07, 6.45) is 2.25. The normalized spacial score (nSPS) is 11.1. The van der Waals surface area contributed by atoms with Crippen LogP contribution in [0, 0.1) is 0 Å². The minimum Gasteiger partial charge on any atom is -0.507 e. The highest BCUT2D eigenvalue weighted by Gasteiger charge is 2.27. The Balaban J connectivity index is 2.62. The summed E-state index contributed by atoms with van der Waals surface area (Å²) in [5.74, 6) is -0.484. The van der Waals surface area contributed by atoms with Gasteiger partial charge in [0, 0.05) is 5.56 Å². The van der Waals surface area contributed by atoms with E-state index in [1.807, 2.05) is 13.8 Å². The molecule has 0 saturated heterocycles. The van der Waals surface area contributed by atoms with Crippen molar-refractivity contribution in [1.82, 2.24) is 0 Å². The van der Waals surface area contributed by atoms with Crippen molar-refractivity contribution in [2.24, 2.45) is 0 Å². The van der Waals surface area contributed by atoms with Gasteiger partial charge in [-0.05, 0) is 58.0 Å². The first kappa shape index (κ1) is 23.8. The van der Waals surface area contributed by atoms with Gasteiger partial charge in [0.15, 0.2) is 17.3 Å². The summed E-state index contributed by atoms with van der Waals surface area (Å²) in [5, 5.41) is 9.91. The molecule has 1 N–H and O–H groups in total. The SMILES string of the molecule is COc1cc(/C=C/C(=O)c2ccccc2O)c(OC(C)C)c(OC)c1C(=O)OC(C)C. The van der Waals surface area contributed by atoms with E-state index in [0.29, 0.717) is 5.56 Å². The molecule has 0 aliphatic rings. The number of ether oxygens (including phenoxy) is 4. The molecule has 0 aromatic heterocycles. The fraction of sp³-hybridized carbons (Fsp3) is 0.333. The van der Waals surface area contributed by atoms with E-state index >= 15 is 0 Å². The molecular formula is C24H28O7. The lowest BCUT2D eigenvalue weighted by atomic mass is 10.0. The molecule has 0 heterocycles.